The van der Waals surface area contributed by atoms with Crippen LogP contribution in [0.15, 0.2) is 42.7 Å². The van der Waals surface area contributed by atoms with E-state index in [1.807, 2.05) is 0 Å². The van der Waals surface area contributed by atoms with Gasteiger partial charge in [0.05, 0.1) is 17.9 Å². The minimum Gasteiger partial charge on any atom is -0.505 e. The second-order valence-electron chi connectivity index (χ2n) is 8.50. The predicted molar refractivity (Wildman–Crippen MR) is 115 cm³/mol. The van der Waals surface area contributed by atoms with E-state index < -0.39 is 53.9 Å². The molecule has 0 radical (unpaired) electrons. The zero-order chi connectivity index (χ0) is 25.7. The van der Waals surface area contributed by atoms with Gasteiger partial charge in [0.25, 0.3) is 0 Å². The summed E-state index contributed by atoms with van der Waals surface area (Å²) in [6, 6.07) is 3.68. The van der Waals surface area contributed by atoms with Crippen molar-refractivity contribution >= 4 is 5.82 Å². The fourth-order valence-electron chi connectivity index (χ4n) is 4.66. The number of anilines is 1. The number of nitrogens with one attached hydrogen (secondary N) is 1. The van der Waals surface area contributed by atoms with E-state index in [-0.39, 0.29) is 28.9 Å². The number of aliphatic hydroxyl groups excluding tert-OH is 1. The van der Waals surface area contributed by atoms with Crippen molar-refractivity contribution in [1.82, 2.24) is 14.9 Å². The van der Waals surface area contributed by atoms with Crippen molar-refractivity contribution in [3.05, 3.63) is 71.2 Å². The molecule has 6 N–H and O–H groups in total. The van der Waals surface area contributed by atoms with Crippen LogP contribution in [0.25, 0.3) is 5.69 Å². The lowest BCUT2D eigenvalue weighted by atomic mass is 9.69. The number of nitrogen functional groups attached to an aromatic ring is 1. The number of nitrogens with zero attached hydrogens (tertiary/aromatic N) is 2. The van der Waals surface area contributed by atoms with E-state index in [4.69, 9.17) is 5.73 Å². The molecule has 12 heteroatoms. The normalized spacial score (nSPS) is 23.2. The molecule has 3 aromatic rings. The lowest BCUT2D eigenvalue weighted by molar-refractivity contribution is -0.280. The van der Waals surface area contributed by atoms with Crippen molar-refractivity contribution in [2.24, 2.45) is 0 Å². The Kier molecular flexibility index (Phi) is 6.24. The highest BCUT2D eigenvalue weighted by atomic mass is 19.4. The van der Waals surface area contributed by atoms with Crippen LogP contribution in [0, 0.1) is 11.8 Å². The number of aromatic nitrogens is 2. The third-order valence-corrected chi connectivity index (χ3v) is 6.51. The summed E-state index contributed by atoms with van der Waals surface area (Å²) in [5, 5.41) is 34.4. The maximum absolute atomic E-state index is 14.2. The van der Waals surface area contributed by atoms with Crippen molar-refractivity contribution < 1.29 is 37.3 Å². The highest BCUT2D eigenvalue weighted by molar-refractivity contribution is 5.51. The lowest BCUT2D eigenvalue weighted by Gasteiger charge is -2.46. The molecule has 1 aromatic carbocycles. The van der Waals surface area contributed by atoms with Gasteiger partial charge < -0.3 is 25.6 Å². The van der Waals surface area contributed by atoms with Gasteiger partial charge in [0.2, 0.25) is 5.95 Å². The third kappa shape index (κ3) is 4.11. The number of fused-ring (bicyclic) bond motifs is 1. The summed E-state index contributed by atoms with van der Waals surface area (Å²) >= 11 is 0. The summed E-state index contributed by atoms with van der Waals surface area (Å²) in [5.41, 5.74) is 2.80. The number of rotatable bonds is 5. The zero-order valence-electron chi connectivity index (χ0n) is 18.4. The Labute approximate surface area is 196 Å². The average Bonchev–Trinajstić information content (AvgIpc) is 3.18. The molecular formula is C23H23F5N4O3. The van der Waals surface area contributed by atoms with E-state index >= 15 is 0 Å². The van der Waals surface area contributed by atoms with Crippen LogP contribution in [-0.2, 0) is 0 Å². The molecule has 0 fully saturated rings. The van der Waals surface area contributed by atoms with E-state index in [2.05, 4.69) is 10.3 Å². The van der Waals surface area contributed by atoms with Crippen molar-refractivity contribution in [2.75, 3.05) is 5.73 Å². The Bertz CT molecular complexity index is 1230. The van der Waals surface area contributed by atoms with E-state index in [1.54, 1.807) is 6.92 Å². The molecule has 0 saturated heterocycles. The van der Waals surface area contributed by atoms with Gasteiger partial charge in [0, 0.05) is 17.3 Å². The zero-order valence-corrected chi connectivity index (χ0v) is 18.4. The molecule has 0 spiro atoms. The third-order valence-electron chi connectivity index (χ3n) is 6.51. The van der Waals surface area contributed by atoms with Crippen LogP contribution in [0.3, 0.4) is 0 Å². The molecule has 4 rings (SSSR count). The Morgan fingerprint density at radius 1 is 1.23 bits per heavy atom. The van der Waals surface area contributed by atoms with E-state index in [0.29, 0.717) is 5.69 Å². The van der Waals surface area contributed by atoms with Crippen LogP contribution >= 0.6 is 0 Å². The SMILES string of the molecule is CC[C@@H]1C[C@](O)(C(F)(F)F)[C@@H](NC(O)c2ccn(-c3ccc(F)nc3)c2N)c2ccc(F)c(O)c21. The molecule has 1 unspecified atom stereocenters. The van der Waals surface area contributed by atoms with E-state index in [0.717, 1.165) is 18.2 Å². The number of pyridine rings is 1. The molecule has 4 atom stereocenters. The molecular weight excluding hydrogens is 475 g/mol. The van der Waals surface area contributed by atoms with Crippen molar-refractivity contribution in [3.63, 3.8) is 0 Å². The predicted octanol–water partition coefficient (Wildman–Crippen LogP) is 3.95. The highest BCUT2D eigenvalue weighted by Gasteiger charge is 2.62. The van der Waals surface area contributed by atoms with Crippen LogP contribution in [0.1, 0.15) is 54.6 Å². The number of aromatic hydroxyl groups is 1. The molecule has 2 heterocycles. The Balaban J connectivity index is 1.76. The van der Waals surface area contributed by atoms with Gasteiger partial charge >= 0.3 is 6.18 Å². The summed E-state index contributed by atoms with van der Waals surface area (Å²) in [5.74, 6) is -3.59. The van der Waals surface area contributed by atoms with E-state index in [9.17, 15) is 37.3 Å². The minimum atomic E-state index is -5.13. The monoisotopic (exact) mass is 498 g/mol. The van der Waals surface area contributed by atoms with Crippen molar-refractivity contribution in [1.29, 1.82) is 0 Å². The number of benzene rings is 1. The maximum Gasteiger partial charge on any atom is 0.419 e. The fourth-order valence-corrected chi connectivity index (χ4v) is 4.66. The van der Waals surface area contributed by atoms with Gasteiger partial charge in [-0.25, -0.2) is 9.37 Å². The molecule has 7 nitrogen and oxygen atoms in total. The average molecular weight is 498 g/mol. The first kappa shape index (κ1) is 24.9. The van der Waals surface area contributed by atoms with Crippen LogP contribution in [0.4, 0.5) is 27.8 Å². The quantitative estimate of drug-likeness (QED) is 0.207. The van der Waals surface area contributed by atoms with Crippen LogP contribution < -0.4 is 11.1 Å². The van der Waals surface area contributed by atoms with Crippen LogP contribution in [0.5, 0.6) is 5.75 Å². The summed E-state index contributed by atoms with van der Waals surface area (Å²) < 4.78 is 71.1. The molecule has 0 saturated carbocycles. The number of hydrogen-bond donors (Lipinski definition) is 5. The Morgan fingerprint density at radius 3 is 2.54 bits per heavy atom. The van der Waals surface area contributed by atoms with Gasteiger partial charge in [0.1, 0.15) is 12.0 Å². The second kappa shape index (κ2) is 8.77. The van der Waals surface area contributed by atoms with Gasteiger partial charge in [-0.1, -0.05) is 13.0 Å². The molecule has 0 bridgehead atoms. The van der Waals surface area contributed by atoms with Crippen molar-refractivity contribution in [2.45, 2.75) is 49.7 Å². The molecule has 0 aliphatic heterocycles. The number of phenols is 1. The van der Waals surface area contributed by atoms with Gasteiger partial charge in [0.15, 0.2) is 17.2 Å². The van der Waals surface area contributed by atoms with Gasteiger partial charge in [-0.05, 0) is 48.6 Å². The summed E-state index contributed by atoms with van der Waals surface area (Å²) in [6.45, 7) is 1.56. The first-order valence-electron chi connectivity index (χ1n) is 10.7. The largest absolute Gasteiger partial charge is 0.505 e. The molecule has 2 aromatic heterocycles. The number of halogens is 5. The smallest absolute Gasteiger partial charge is 0.419 e. The van der Waals surface area contributed by atoms with Crippen LogP contribution in [0.2, 0.25) is 0 Å². The van der Waals surface area contributed by atoms with Gasteiger partial charge in [-0.15, -0.1) is 0 Å². The van der Waals surface area contributed by atoms with Gasteiger partial charge in [-0.2, -0.15) is 17.6 Å². The number of hydrogen-bond acceptors (Lipinski definition) is 6. The van der Waals surface area contributed by atoms with Crippen LogP contribution in [-0.4, -0.2) is 36.6 Å². The minimum absolute atomic E-state index is 0.0238. The standard InChI is InChI=1S/C23H23F5N4O3/c1-2-11-9-22(35,23(26,27)28)19(13-4-5-15(24)18(33)17(11)13)31-21(34)14-7-8-32(20(14)29)12-3-6-16(25)30-10-12/h3-8,10-11,19,21,31,33-35H,2,9,29H2,1H3/t11-,19+,21?,22-/m1/s1. The maximum atomic E-state index is 14.2. The Hall–Kier alpha value is -3.22. The molecule has 1 aliphatic rings. The fraction of sp³-hybridized carbons (Fsp3) is 0.348. The molecule has 0 amide bonds. The Morgan fingerprint density at radius 2 is 1.94 bits per heavy atom. The number of phenolic OH excluding ortho intramolecular Hbond substituents is 1. The number of alkyl halides is 3. The summed E-state index contributed by atoms with van der Waals surface area (Å²) in [4.78, 5) is 3.51. The molecule has 35 heavy (non-hydrogen) atoms. The van der Waals surface area contributed by atoms with E-state index in [1.165, 1.54) is 29.1 Å². The molecule has 1 aliphatic carbocycles. The summed E-state index contributed by atoms with van der Waals surface area (Å²) in [6.07, 6.45) is -5.11. The topological polar surface area (TPSA) is 117 Å². The summed E-state index contributed by atoms with van der Waals surface area (Å²) in [7, 11) is 0. The number of nitrogens with two attached hydrogens (primary N) is 1. The lowest BCUT2D eigenvalue weighted by Crippen LogP contribution is -2.58. The first-order chi connectivity index (χ1) is 16.4. The number of aliphatic hydroxyl groups is 2. The molecule has 188 valence electrons. The second-order valence-corrected chi connectivity index (χ2v) is 8.50. The highest BCUT2D eigenvalue weighted by Crippen LogP contribution is 2.54. The van der Waals surface area contributed by atoms with Gasteiger partial charge in [-0.3, -0.25) is 5.32 Å². The van der Waals surface area contributed by atoms with Crippen molar-refractivity contribution in [3.8, 4) is 11.4 Å². The first-order valence-corrected chi connectivity index (χ1v) is 10.7.